The molecule has 0 atom stereocenters. The standard InChI is InChI=1S/C23H26N4O3S/c1-2-30-19-9-5-3-7-17(19)25-22(29)21(28)24-15-16-11-13-27(14-12-16)23-26-18-8-4-6-10-20(18)31-23/h3-10,16H,2,11-15H2,1H3,(H,24,28)(H,25,29). The van der Waals surface area contributed by atoms with E-state index >= 15 is 0 Å². The summed E-state index contributed by atoms with van der Waals surface area (Å²) < 4.78 is 6.68. The lowest BCUT2D eigenvalue weighted by Gasteiger charge is -2.31. The molecule has 1 aliphatic heterocycles. The van der Waals surface area contributed by atoms with Crippen molar-refractivity contribution >= 4 is 44.2 Å². The molecule has 8 heteroatoms. The van der Waals surface area contributed by atoms with Gasteiger partial charge in [0.1, 0.15) is 5.75 Å². The second kappa shape index (κ2) is 9.78. The first-order chi connectivity index (χ1) is 15.1. The molecule has 2 heterocycles. The van der Waals surface area contributed by atoms with Gasteiger partial charge < -0.3 is 20.3 Å². The quantitative estimate of drug-likeness (QED) is 0.574. The van der Waals surface area contributed by atoms with Crippen LogP contribution >= 0.6 is 11.3 Å². The molecule has 0 aliphatic carbocycles. The van der Waals surface area contributed by atoms with Gasteiger partial charge in [0.25, 0.3) is 0 Å². The van der Waals surface area contributed by atoms with Gasteiger partial charge in [-0.3, -0.25) is 9.59 Å². The average molecular weight is 439 g/mol. The van der Waals surface area contributed by atoms with Crippen molar-refractivity contribution in [2.75, 3.05) is 36.5 Å². The first-order valence-electron chi connectivity index (χ1n) is 10.6. The van der Waals surface area contributed by atoms with Crippen molar-refractivity contribution in [3.8, 4) is 5.75 Å². The third-order valence-corrected chi connectivity index (χ3v) is 6.46. The van der Waals surface area contributed by atoms with Crippen LogP contribution in [-0.4, -0.2) is 43.0 Å². The zero-order chi connectivity index (χ0) is 21.6. The number of carbonyl (C=O) groups excluding carboxylic acids is 2. The van der Waals surface area contributed by atoms with Gasteiger partial charge in [-0.1, -0.05) is 35.6 Å². The Morgan fingerprint density at radius 2 is 1.84 bits per heavy atom. The molecule has 0 unspecified atom stereocenters. The summed E-state index contributed by atoms with van der Waals surface area (Å²) >= 11 is 1.71. The molecule has 0 bridgehead atoms. The molecular formula is C23H26N4O3S. The summed E-state index contributed by atoms with van der Waals surface area (Å²) in [5.74, 6) is -0.412. The zero-order valence-corrected chi connectivity index (χ0v) is 18.3. The molecule has 7 nitrogen and oxygen atoms in total. The number of thiazole rings is 1. The van der Waals surface area contributed by atoms with Gasteiger partial charge in [-0.25, -0.2) is 4.98 Å². The Balaban J connectivity index is 1.24. The summed E-state index contributed by atoms with van der Waals surface area (Å²) in [4.78, 5) is 31.6. The van der Waals surface area contributed by atoms with E-state index in [1.54, 1.807) is 29.5 Å². The highest BCUT2D eigenvalue weighted by Gasteiger charge is 2.23. The molecule has 1 aromatic heterocycles. The number of carbonyl (C=O) groups is 2. The van der Waals surface area contributed by atoms with Gasteiger partial charge in [0.15, 0.2) is 5.13 Å². The Morgan fingerprint density at radius 1 is 1.10 bits per heavy atom. The zero-order valence-electron chi connectivity index (χ0n) is 17.5. The van der Waals surface area contributed by atoms with Gasteiger partial charge >= 0.3 is 11.8 Å². The van der Waals surface area contributed by atoms with Gasteiger partial charge in [0.2, 0.25) is 0 Å². The van der Waals surface area contributed by atoms with Gasteiger partial charge in [0.05, 0.1) is 22.5 Å². The van der Waals surface area contributed by atoms with Crippen molar-refractivity contribution in [3.63, 3.8) is 0 Å². The third-order valence-electron chi connectivity index (χ3n) is 5.36. The van der Waals surface area contributed by atoms with Crippen LogP contribution in [0.1, 0.15) is 19.8 Å². The number of benzene rings is 2. The fourth-order valence-electron chi connectivity index (χ4n) is 3.67. The lowest BCUT2D eigenvalue weighted by Crippen LogP contribution is -2.41. The Kier molecular flexibility index (Phi) is 6.66. The molecule has 0 spiro atoms. The van der Waals surface area contributed by atoms with E-state index in [0.29, 0.717) is 30.5 Å². The third kappa shape index (κ3) is 5.14. The Labute approximate surface area is 185 Å². The number of aromatic nitrogens is 1. The molecule has 162 valence electrons. The van der Waals surface area contributed by atoms with Crippen LogP contribution in [0.25, 0.3) is 10.2 Å². The molecule has 4 rings (SSSR count). The number of hydrogen-bond donors (Lipinski definition) is 2. The van der Waals surface area contributed by atoms with E-state index < -0.39 is 11.8 Å². The summed E-state index contributed by atoms with van der Waals surface area (Å²) in [6, 6.07) is 15.3. The molecule has 2 amide bonds. The van der Waals surface area contributed by atoms with Crippen molar-refractivity contribution in [2.45, 2.75) is 19.8 Å². The van der Waals surface area contributed by atoms with Crippen LogP contribution in [0.5, 0.6) is 5.75 Å². The van der Waals surface area contributed by atoms with Gasteiger partial charge in [-0.2, -0.15) is 0 Å². The van der Waals surface area contributed by atoms with Crippen LogP contribution < -0.4 is 20.3 Å². The van der Waals surface area contributed by atoms with Crippen LogP contribution in [0.3, 0.4) is 0 Å². The number of nitrogens with zero attached hydrogens (tertiary/aromatic N) is 2. The molecule has 2 N–H and O–H groups in total. The Morgan fingerprint density at radius 3 is 2.61 bits per heavy atom. The molecule has 31 heavy (non-hydrogen) atoms. The minimum absolute atomic E-state index is 0.345. The number of fused-ring (bicyclic) bond motifs is 1. The molecule has 2 aromatic carbocycles. The lowest BCUT2D eigenvalue weighted by molar-refractivity contribution is -0.136. The highest BCUT2D eigenvalue weighted by molar-refractivity contribution is 7.22. The minimum atomic E-state index is -0.681. The molecule has 1 aliphatic rings. The molecule has 1 saturated heterocycles. The second-order valence-electron chi connectivity index (χ2n) is 7.49. The van der Waals surface area contributed by atoms with E-state index in [-0.39, 0.29) is 0 Å². The van der Waals surface area contributed by atoms with Crippen molar-refractivity contribution in [3.05, 3.63) is 48.5 Å². The summed E-state index contributed by atoms with van der Waals surface area (Å²) in [6.07, 6.45) is 1.90. The first kappa shape index (κ1) is 21.1. The number of amides is 2. The number of hydrogen-bond acceptors (Lipinski definition) is 6. The predicted octanol–water partition coefficient (Wildman–Crippen LogP) is 3.67. The normalized spacial score (nSPS) is 14.4. The van der Waals surface area contributed by atoms with Crippen LogP contribution in [0.4, 0.5) is 10.8 Å². The fraction of sp³-hybridized carbons (Fsp3) is 0.348. The fourth-order valence-corrected chi connectivity index (χ4v) is 4.69. The maximum Gasteiger partial charge on any atom is 0.313 e. The topological polar surface area (TPSA) is 83.6 Å². The molecule has 3 aromatic rings. The van der Waals surface area contributed by atoms with E-state index in [2.05, 4.69) is 21.6 Å². The number of ether oxygens (including phenoxy) is 1. The van der Waals surface area contributed by atoms with Gasteiger partial charge in [-0.05, 0) is 49.9 Å². The van der Waals surface area contributed by atoms with Crippen LogP contribution in [0.15, 0.2) is 48.5 Å². The van der Waals surface area contributed by atoms with E-state index in [4.69, 9.17) is 9.72 Å². The highest BCUT2D eigenvalue weighted by Crippen LogP contribution is 2.31. The predicted molar refractivity (Wildman–Crippen MR) is 124 cm³/mol. The largest absolute Gasteiger partial charge is 0.492 e. The summed E-state index contributed by atoms with van der Waals surface area (Å²) in [7, 11) is 0. The molecular weight excluding hydrogens is 412 g/mol. The molecule has 0 radical (unpaired) electrons. The summed E-state index contributed by atoms with van der Waals surface area (Å²) in [5, 5.41) is 6.46. The lowest BCUT2D eigenvalue weighted by atomic mass is 9.97. The highest BCUT2D eigenvalue weighted by atomic mass is 32.1. The van der Waals surface area contributed by atoms with Crippen molar-refractivity contribution in [1.82, 2.24) is 10.3 Å². The maximum atomic E-state index is 12.3. The molecule has 0 saturated carbocycles. The van der Waals surface area contributed by atoms with Gasteiger partial charge in [-0.15, -0.1) is 0 Å². The second-order valence-corrected chi connectivity index (χ2v) is 8.50. The molecule has 1 fully saturated rings. The van der Waals surface area contributed by atoms with Crippen LogP contribution in [-0.2, 0) is 9.59 Å². The Bertz CT molecular complexity index is 1030. The number of rotatable bonds is 6. The number of anilines is 2. The number of piperidine rings is 1. The maximum absolute atomic E-state index is 12.3. The van der Waals surface area contributed by atoms with E-state index in [0.717, 1.165) is 36.6 Å². The first-order valence-corrected chi connectivity index (χ1v) is 11.4. The van der Waals surface area contributed by atoms with E-state index in [1.165, 1.54) is 4.70 Å². The van der Waals surface area contributed by atoms with Crippen molar-refractivity contribution in [1.29, 1.82) is 0 Å². The average Bonchev–Trinajstić information content (AvgIpc) is 3.23. The summed E-state index contributed by atoms with van der Waals surface area (Å²) in [5.41, 5.74) is 1.53. The van der Waals surface area contributed by atoms with Gasteiger partial charge in [0, 0.05) is 19.6 Å². The van der Waals surface area contributed by atoms with E-state index in [9.17, 15) is 9.59 Å². The van der Waals surface area contributed by atoms with E-state index in [1.807, 2.05) is 31.2 Å². The van der Waals surface area contributed by atoms with Crippen molar-refractivity contribution < 1.29 is 14.3 Å². The number of nitrogens with one attached hydrogen (secondary N) is 2. The minimum Gasteiger partial charge on any atom is -0.492 e. The Hall–Kier alpha value is -3.13. The SMILES string of the molecule is CCOc1ccccc1NC(=O)C(=O)NCC1CCN(c2nc3ccccc3s2)CC1. The number of para-hydroxylation sites is 3. The smallest absolute Gasteiger partial charge is 0.313 e. The summed E-state index contributed by atoms with van der Waals surface area (Å²) in [6.45, 7) is 4.64. The monoisotopic (exact) mass is 438 g/mol. The van der Waals surface area contributed by atoms with Crippen LogP contribution in [0.2, 0.25) is 0 Å². The van der Waals surface area contributed by atoms with Crippen molar-refractivity contribution in [2.24, 2.45) is 5.92 Å². The van der Waals surface area contributed by atoms with Crippen LogP contribution in [0, 0.1) is 5.92 Å².